The molecule has 1 saturated carbocycles. The number of nitrogens with zero attached hydrogens (tertiary/aromatic N) is 1. The molecule has 1 aliphatic rings. The van der Waals surface area contributed by atoms with Gasteiger partial charge in [0.05, 0.1) is 5.56 Å². The minimum absolute atomic E-state index is 0.0592. The van der Waals surface area contributed by atoms with Crippen LogP contribution in [0.25, 0.3) is 0 Å². The number of carbonyl (C=O) groups excluding carboxylic acids is 1. The molecule has 0 saturated heterocycles. The first-order valence-corrected chi connectivity index (χ1v) is 5.45. The van der Waals surface area contributed by atoms with Gasteiger partial charge in [-0.25, -0.2) is 4.98 Å². The van der Waals surface area contributed by atoms with Gasteiger partial charge in [0, 0.05) is 12.2 Å². The fourth-order valence-electron chi connectivity index (χ4n) is 1.80. The Morgan fingerprint density at radius 1 is 1.53 bits per heavy atom. The number of pyridine rings is 1. The van der Waals surface area contributed by atoms with Crippen molar-refractivity contribution in [3.05, 3.63) is 29.0 Å². The summed E-state index contributed by atoms with van der Waals surface area (Å²) in [5, 5.41) is 3.37. The Hall–Kier alpha value is -1.09. The molecule has 1 N–H and O–H groups in total. The van der Waals surface area contributed by atoms with Gasteiger partial charge >= 0.3 is 0 Å². The zero-order valence-corrected chi connectivity index (χ0v) is 9.29. The predicted octanol–water partition coefficient (Wildman–Crippen LogP) is 2.26. The Morgan fingerprint density at radius 2 is 2.27 bits per heavy atom. The fourth-order valence-corrected chi connectivity index (χ4v) is 1.91. The fraction of sp³-hybridized carbons (Fsp3) is 0.455. The molecule has 0 radical (unpaired) electrons. The molecule has 0 unspecified atom stereocenters. The van der Waals surface area contributed by atoms with Crippen molar-refractivity contribution in [2.24, 2.45) is 5.92 Å². The maximum atomic E-state index is 11.7. The van der Waals surface area contributed by atoms with Crippen LogP contribution in [0.5, 0.6) is 0 Å². The van der Waals surface area contributed by atoms with Gasteiger partial charge in [-0.15, -0.1) is 0 Å². The van der Waals surface area contributed by atoms with Crippen molar-refractivity contribution in [3.8, 4) is 0 Å². The molecule has 0 spiro atoms. The lowest BCUT2D eigenvalue weighted by Crippen LogP contribution is -2.43. The van der Waals surface area contributed by atoms with Gasteiger partial charge in [-0.3, -0.25) is 4.79 Å². The Kier molecular flexibility index (Phi) is 2.91. The average Bonchev–Trinajstić information content (AvgIpc) is 2.16. The highest BCUT2D eigenvalue weighted by atomic mass is 35.5. The summed E-state index contributed by atoms with van der Waals surface area (Å²) in [6.45, 7) is 2.19. The van der Waals surface area contributed by atoms with E-state index in [1.54, 1.807) is 12.1 Å². The van der Waals surface area contributed by atoms with E-state index in [1.165, 1.54) is 6.20 Å². The summed E-state index contributed by atoms with van der Waals surface area (Å²) in [6.07, 6.45) is 3.65. The monoisotopic (exact) mass is 224 g/mol. The number of rotatable bonds is 2. The summed E-state index contributed by atoms with van der Waals surface area (Å²) < 4.78 is 0. The van der Waals surface area contributed by atoms with Gasteiger partial charge in [-0.05, 0) is 30.9 Å². The lowest BCUT2D eigenvalue weighted by Gasteiger charge is -2.33. The molecule has 0 atom stereocenters. The molecular weight excluding hydrogens is 212 g/mol. The second-order valence-corrected chi connectivity index (χ2v) is 4.50. The molecule has 1 aliphatic carbocycles. The van der Waals surface area contributed by atoms with Gasteiger partial charge in [0.2, 0.25) is 0 Å². The van der Waals surface area contributed by atoms with Gasteiger partial charge in [-0.2, -0.15) is 0 Å². The number of amides is 1. The summed E-state index contributed by atoms with van der Waals surface area (Å²) in [4.78, 5) is 15.5. The molecule has 0 aliphatic heterocycles. The topological polar surface area (TPSA) is 42.0 Å². The van der Waals surface area contributed by atoms with Gasteiger partial charge < -0.3 is 5.32 Å². The summed E-state index contributed by atoms with van der Waals surface area (Å²) in [7, 11) is 0. The number of halogens is 1. The molecule has 1 heterocycles. The second-order valence-electron chi connectivity index (χ2n) is 4.12. The van der Waals surface area contributed by atoms with E-state index >= 15 is 0 Å². The van der Waals surface area contributed by atoms with Crippen LogP contribution in [0.3, 0.4) is 0 Å². The number of aromatic nitrogens is 1. The molecule has 0 aromatic carbocycles. The molecule has 15 heavy (non-hydrogen) atoms. The van der Waals surface area contributed by atoms with Crippen molar-refractivity contribution in [2.45, 2.75) is 25.8 Å². The van der Waals surface area contributed by atoms with E-state index in [0.29, 0.717) is 16.8 Å². The Morgan fingerprint density at radius 3 is 2.80 bits per heavy atom. The first kappa shape index (κ1) is 10.4. The van der Waals surface area contributed by atoms with E-state index < -0.39 is 0 Å². The Balaban J connectivity index is 1.93. The Bertz CT molecular complexity index is 357. The van der Waals surface area contributed by atoms with Gasteiger partial charge in [0.25, 0.3) is 5.91 Å². The number of carbonyl (C=O) groups is 1. The van der Waals surface area contributed by atoms with E-state index in [1.807, 2.05) is 0 Å². The number of hydrogen-bond donors (Lipinski definition) is 1. The van der Waals surface area contributed by atoms with Crippen molar-refractivity contribution in [1.29, 1.82) is 0 Å². The molecule has 4 heteroatoms. The van der Waals surface area contributed by atoms with E-state index in [-0.39, 0.29) is 5.91 Å². The van der Waals surface area contributed by atoms with Crippen molar-refractivity contribution in [3.63, 3.8) is 0 Å². The SMILES string of the molecule is CC1CC(NC(=O)c2ccc(Cl)nc2)C1. The lowest BCUT2D eigenvalue weighted by atomic mass is 9.82. The van der Waals surface area contributed by atoms with Gasteiger partial charge in [-0.1, -0.05) is 18.5 Å². The van der Waals surface area contributed by atoms with Crippen molar-refractivity contribution in [1.82, 2.24) is 10.3 Å². The van der Waals surface area contributed by atoms with E-state index in [9.17, 15) is 4.79 Å². The predicted molar refractivity (Wildman–Crippen MR) is 58.9 cm³/mol. The molecule has 3 nitrogen and oxygen atoms in total. The molecule has 1 aromatic heterocycles. The van der Waals surface area contributed by atoms with Crippen LogP contribution >= 0.6 is 11.6 Å². The van der Waals surface area contributed by atoms with Crippen LogP contribution in [-0.2, 0) is 0 Å². The highest BCUT2D eigenvalue weighted by Gasteiger charge is 2.26. The average molecular weight is 225 g/mol. The maximum absolute atomic E-state index is 11.7. The van der Waals surface area contributed by atoms with Crippen molar-refractivity contribution >= 4 is 17.5 Å². The van der Waals surface area contributed by atoms with E-state index in [0.717, 1.165) is 18.8 Å². The van der Waals surface area contributed by atoms with Crippen LogP contribution in [0.4, 0.5) is 0 Å². The normalized spacial score (nSPS) is 24.4. The van der Waals surface area contributed by atoms with Gasteiger partial charge in [0.15, 0.2) is 0 Å². The van der Waals surface area contributed by atoms with Crippen LogP contribution in [-0.4, -0.2) is 16.9 Å². The molecular formula is C11H13ClN2O. The van der Waals surface area contributed by atoms with Crippen LogP contribution in [0.2, 0.25) is 5.15 Å². The Labute approximate surface area is 93.8 Å². The van der Waals surface area contributed by atoms with E-state index in [4.69, 9.17) is 11.6 Å². The summed E-state index contributed by atoms with van der Waals surface area (Å²) in [5.74, 6) is 0.676. The van der Waals surface area contributed by atoms with Crippen LogP contribution < -0.4 is 5.32 Å². The first-order chi connectivity index (χ1) is 7.15. The van der Waals surface area contributed by atoms with Crippen LogP contribution in [0, 0.1) is 5.92 Å². The molecule has 2 rings (SSSR count). The van der Waals surface area contributed by atoms with Crippen LogP contribution in [0.1, 0.15) is 30.1 Å². The molecule has 1 aromatic rings. The minimum Gasteiger partial charge on any atom is -0.349 e. The van der Waals surface area contributed by atoms with Crippen LogP contribution in [0.15, 0.2) is 18.3 Å². The quantitative estimate of drug-likeness (QED) is 0.783. The zero-order valence-electron chi connectivity index (χ0n) is 8.53. The summed E-state index contributed by atoms with van der Waals surface area (Å²) in [5.41, 5.74) is 0.568. The third-order valence-corrected chi connectivity index (χ3v) is 2.92. The van der Waals surface area contributed by atoms with Crippen molar-refractivity contribution in [2.75, 3.05) is 0 Å². The molecule has 1 fully saturated rings. The first-order valence-electron chi connectivity index (χ1n) is 5.07. The maximum Gasteiger partial charge on any atom is 0.253 e. The third-order valence-electron chi connectivity index (χ3n) is 2.70. The second kappa shape index (κ2) is 4.19. The molecule has 1 amide bonds. The lowest BCUT2D eigenvalue weighted by molar-refractivity contribution is 0.0895. The third kappa shape index (κ3) is 2.48. The molecule has 80 valence electrons. The smallest absolute Gasteiger partial charge is 0.253 e. The minimum atomic E-state index is -0.0592. The van der Waals surface area contributed by atoms with Crippen molar-refractivity contribution < 1.29 is 4.79 Å². The summed E-state index contributed by atoms with van der Waals surface area (Å²) in [6, 6.07) is 3.65. The largest absolute Gasteiger partial charge is 0.349 e. The zero-order chi connectivity index (χ0) is 10.8. The van der Waals surface area contributed by atoms with E-state index in [2.05, 4.69) is 17.2 Å². The number of nitrogens with one attached hydrogen (secondary N) is 1. The summed E-state index contributed by atoms with van der Waals surface area (Å²) >= 11 is 5.64. The highest BCUT2D eigenvalue weighted by Crippen LogP contribution is 2.26. The number of hydrogen-bond acceptors (Lipinski definition) is 2. The highest BCUT2D eigenvalue weighted by molar-refractivity contribution is 6.29. The standard InChI is InChI=1S/C11H13ClN2O/c1-7-4-9(5-7)14-11(15)8-2-3-10(12)13-6-8/h2-3,6-7,9H,4-5H2,1H3,(H,14,15). The van der Waals surface area contributed by atoms with Gasteiger partial charge in [0.1, 0.15) is 5.15 Å². The molecule has 0 bridgehead atoms.